The minimum Gasteiger partial charge on any atom is -0.347 e. The van der Waals surface area contributed by atoms with E-state index in [9.17, 15) is 13.2 Å². The molecule has 0 unspecified atom stereocenters. The van der Waals surface area contributed by atoms with Gasteiger partial charge in [-0.1, -0.05) is 0 Å². The van der Waals surface area contributed by atoms with Crippen LogP contribution in [0.25, 0.3) is 10.7 Å². The molecule has 0 aliphatic carbocycles. The normalized spacial score (nSPS) is 14.3. The largest absolute Gasteiger partial charge is 0.347 e. The lowest BCUT2D eigenvalue weighted by molar-refractivity contribution is 0.0796. The third-order valence-electron chi connectivity index (χ3n) is 4.81. The van der Waals surface area contributed by atoms with Crippen LogP contribution in [0.5, 0.6) is 0 Å². The van der Waals surface area contributed by atoms with Gasteiger partial charge in [-0.15, -0.1) is 11.3 Å². The number of sulfonamides is 1. The quantitative estimate of drug-likeness (QED) is 0.670. The van der Waals surface area contributed by atoms with E-state index in [0.29, 0.717) is 27.0 Å². The predicted octanol–water partition coefficient (Wildman–Crippen LogP) is 2.89. The lowest BCUT2D eigenvalue weighted by Crippen LogP contribution is -2.27. The number of aryl methyl sites for hydroxylation is 2. The first-order valence-corrected chi connectivity index (χ1v) is 11.5. The first-order valence-electron chi connectivity index (χ1n) is 9.21. The molecule has 4 heterocycles. The Balaban J connectivity index is 1.63. The van der Waals surface area contributed by atoms with Crippen molar-refractivity contribution in [3.63, 3.8) is 0 Å². The third kappa shape index (κ3) is 3.90. The molecule has 1 aliphatic rings. The summed E-state index contributed by atoms with van der Waals surface area (Å²) in [5.74, 6) is 0.00375. The Bertz CT molecular complexity index is 1150. The molecule has 0 radical (unpaired) electrons. The molecule has 1 amide bonds. The highest BCUT2D eigenvalue weighted by Crippen LogP contribution is 2.32. The number of aromatic nitrogens is 3. The second-order valence-corrected chi connectivity index (χ2v) is 9.63. The summed E-state index contributed by atoms with van der Waals surface area (Å²) in [6, 6.07) is 4.86. The van der Waals surface area contributed by atoms with Gasteiger partial charge < -0.3 is 9.47 Å². The first-order chi connectivity index (χ1) is 13.8. The van der Waals surface area contributed by atoms with Gasteiger partial charge in [-0.25, -0.2) is 13.4 Å². The number of rotatable bonds is 5. The summed E-state index contributed by atoms with van der Waals surface area (Å²) < 4.78 is 29.7. The molecule has 3 aromatic heterocycles. The van der Waals surface area contributed by atoms with Crippen molar-refractivity contribution in [2.24, 2.45) is 7.05 Å². The van der Waals surface area contributed by atoms with Gasteiger partial charge in [-0.05, 0) is 38.0 Å². The second-order valence-electron chi connectivity index (χ2n) is 6.95. The Morgan fingerprint density at radius 3 is 2.72 bits per heavy atom. The number of thiazole rings is 1. The summed E-state index contributed by atoms with van der Waals surface area (Å²) in [4.78, 5) is 23.8. The fraction of sp³-hybridized carbons (Fsp3) is 0.316. The zero-order chi connectivity index (χ0) is 20.6. The summed E-state index contributed by atoms with van der Waals surface area (Å²) in [6.07, 6.45) is 6.61. The standard InChI is InChI=1S/C19H21N5O3S2/c1-13-17(19(25)24-8-3-4-9-24)28-18(21-13)16-10-15(12-23(16)2)29(26,27)22-14-6-5-7-20-11-14/h5-7,10-12,22H,3-4,8-9H2,1-2H3. The van der Waals surface area contributed by atoms with Crippen LogP contribution in [-0.4, -0.2) is 46.8 Å². The van der Waals surface area contributed by atoms with Crippen LogP contribution in [0, 0.1) is 6.92 Å². The van der Waals surface area contributed by atoms with E-state index in [1.54, 1.807) is 36.0 Å². The van der Waals surface area contributed by atoms with Crippen molar-refractivity contribution in [3.05, 3.63) is 47.4 Å². The highest BCUT2D eigenvalue weighted by atomic mass is 32.2. The van der Waals surface area contributed by atoms with Crippen LogP contribution in [0.15, 0.2) is 41.7 Å². The Labute approximate surface area is 173 Å². The summed E-state index contributed by atoms with van der Waals surface area (Å²) in [5.41, 5.74) is 1.70. The van der Waals surface area contributed by atoms with Gasteiger partial charge >= 0.3 is 0 Å². The fourth-order valence-electron chi connectivity index (χ4n) is 3.30. The molecule has 1 aliphatic heterocycles. The van der Waals surface area contributed by atoms with E-state index in [-0.39, 0.29) is 10.8 Å². The van der Waals surface area contributed by atoms with Crippen molar-refractivity contribution in [3.8, 4) is 10.7 Å². The summed E-state index contributed by atoms with van der Waals surface area (Å²) in [7, 11) is -2.00. The van der Waals surface area contributed by atoms with E-state index in [4.69, 9.17) is 0 Å². The molecular weight excluding hydrogens is 410 g/mol. The lowest BCUT2D eigenvalue weighted by Gasteiger charge is -2.13. The molecule has 0 atom stereocenters. The van der Waals surface area contributed by atoms with E-state index in [1.165, 1.54) is 23.7 Å². The van der Waals surface area contributed by atoms with E-state index < -0.39 is 10.0 Å². The molecule has 152 valence electrons. The second kappa shape index (κ2) is 7.60. The van der Waals surface area contributed by atoms with Gasteiger partial charge in [0.25, 0.3) is 15.9 Å². The highest BCUT2D eigenvalue weighted by molar-refractivity contribution is 7.92. The van der Waals surface area contributed by atoms with Gasteiger partial charge in [0.15, 0.2) is 0 Å². The van der Waals surface area contributed by atoms with Crippen LogP contribution in [0.4, 0.5) is 5.69 Å². The molecule has 10 heteroatoms. The molecule has 3 aromatic rings. The molecule has 0 spiro atoms. The molecule has 1 N–H and O–H groups in total. The summed E-state index contributed by atoms with van der Waals surface area (Å²) in [6.45, 7) is 3.37. The molecule has 29 heavy (non-hydrogen) atoms. The molecule has 1 saturated heterocycles. The minimum atomic E-state index is -3.76. The van der Waals surface area contributed by atoms with Crippen molar-refractivity contribution in [2.45, 2.75) is 24.7 Å². The van der Waals surface area contributed by atoms with Crippen molar-refractivity contribution in [2.75, 3.05) is 17.8 Å². The van der Waals surface area contributed by atoms with Crippen LogP contribution in [-0.2, 0) is 17.1 Å². The average molecular weight is 432 g/mol. The molecule has 0 aromatic carbocycles. The topological polar surface area (TPSA) is 97.2 Å². The summed E-state index contributed by atoms with van der Waals surface area (Å²) >= 11 is 1.30. The average Bonchev–Trinajstić information content (AvgIpc) is 3.41. The molecule has 0 saturated carbocycles. The number of nitrogens with zero attached hydrogens (tertiary/aromatic N) is 4. The highest BCUT2D eigenvalue weighted by Gasteiger charge is 2.26. The number of pyridine rings is 1. The van der Waals surface area contributed by atoms with E-state index in [2.05, 4.69) is 14.7 Å². The zero-order valence-corrected chi connectivity index (χ0v) is 17.8. The number of nitrogens with one attached hydrogen (secondary N) is 1. The number of carbonyl (C=O) groups is 1. The van der Waals surface area contributed by atoms with Gasteiger partial charge in [0.05, 0.1) is 23.3 Å². The van der Waals surface area contributed by atoms with Crippen LogP contribution in [0.3, 0.4) is 0 Å². The number of likely N-dealkylation sites (tertiary alicyclic amines) is 1. The molecule has 0 bridgehead atoms. The predicted molar refractivity (Wildman–Crippen MR) is 111 cm³/mol. The molecule has 1 fully saturated rings. The van der Waals surface area contributed by atoms with E-state index in [0.717, 1.165) is 25.9 Å². The maximum Gasteiger partial charge on any atom is 0.265 e. The van der Waals surface area contributed by atoms with Crippen LogP contribution in [0.1, 0.15) is 28.2 Å². The number of carbonyl (C=O) groups excluding carboxylic acids is 1. The van der Waals surface area contributed by atoms with Crippen molar-refractivity contribution >= 4 is 33.0 Å². The maximum absolute atomic E-state index is 12.7. The Hall–Kier alpha value is -2.72. The fourth-order valence-corrected chi connectivity index (χ4v) is 5.50. The van der Waals surface area contributed by atoms with Gasteiger partial charge in [0.2, 0.25) is 0 Å². The van der Waals surface area contributed by atoms with Crippen LogP contribution >= 0.6 is 11.3 Å². The van der Waals surface area contributed by atoms with Gasteiger partial charge in [-0.2, -0.15) is 0 Å². The zero-order valence-electron chi connectivity index (χ0n) is 16.1. The molecule has 4 rings (SSSR count). The van der Waals surface area contributed by atoms with E-state index in [1.807, 2.05) is 11.8 Å². The third-order valence-corrected chi connectivity index (χ3v) is 7.32. The van der Waals surface area contributed by atoms with Crippen LogP contribution in [0.2, 0.25) is 0 Å². The van der Waals surface area contributed by atoms with Crippen molar-refractivity contribution in [1.29, 1.82) is 0 Å². The number of anilines is 1. The smallest absolute Gasteiger partial charge is 0.265 e. The number of amides is 1. The van der Waals surface area contributed by atoms with Crippen molar-refractivity contribution in [1.82, 2.24) is 19.4 Å². The number of hydrogen-bond acceptors (Lipinski definition) is 6. The van der Waals surface area contributed by atoms with Gasteiger partial charge in [0.1, 0.15) is 14.8 Å². The monoisotopic (exact) mass is 431 g/mol. The Morgan fingerprint density at radius 1 is 1.28 bits per heavy atom. The summed E-state index contributed by atoms with van der Waals surface area (Å²) in [5, 5.41) is 0.621. The number of hydrogen-bond donors (Lipinski definition) is 1. The Kier molecular flexibility index (Phi) is 5.13. The Morgan fingerprint density at radius 2 is 2.03 bits per heavy atom. The van der Waals surface area contributed by atoms with Gasteiger partial charge in [0, 0.05) is 32.5 Å². The maximum atomic E-state index is 12.7. The first kappa shape index (κ1) is 19.6. The lowest BCUT2D eigenvalue weighted by atomic mass is 10.3. The van der Waals surface area contributed by atoms with Crippen LogP contribution < -0.4 is 4.72 Å². The van der Waals surface area contributed by atoms with Gasteiger partial charge in [-0.3, -0.25) is 14.5 Å². The molecule has 8 nitrogen and oxygen atoms in total. The van der Waals surface area contributed by atoms with E-state index >= 15 is 0 Å². The SMILES string of the molecule is Cc1nc(-c2cc(S(=O)(=O)Nc3cccnc3)cn2C)sc1C(=O)N1CCCC1. The van der Waals surface area contributed by atoms with Crippen molar-refractivity contribution < 1.29 is 13.2 Å². The molecular formula is C19H21N5O3S2. The minimum absolute atomic E-state index is 0.00375.